The van der Waals surface area contributed by atoms with Gasteiger partial charge in [0, 0.05) is 30.3 Å². The summed E-state index contributed by atoms with van der Waals surface area (Å²) in [4.78, 5) is 37.0. The van der Waals surface area contributed by atoms with Crippen molar-refractivity contribution in [2.45, 2.75) is 33.2 Å². The molecule has 1 atom stereocenters. The number of anilines is 1. The highest BCUT2D eigenvalue weighted by Crippen LogP contribution is 2.25. The van der Waals surface area contributed by atoms with Gasteiger partial charge in [-0.1, -0.05) is 49.4 Å². The van der Waals surface area contributed by atoms with Gasteiger partial charge in [0.15, 0.2) is 0 Å². The zero-order chi connectivity index (χ0) is 22.4. The molecule has 0 aromatic heterocycles. The van der Waals surface area contributed by atoms with Crippen LogP contribution in [-0.2, 0) is 4.79 Å². The first-order chi connectivity index (χ1) is 14.9. The third kappa shape index (κ3) is 5.48. The van der Waals surface area contributed by atoms with E-state index >= 15 is 0 Å². The Balaban J connectivity index is 1.88. The van der Waals surface area contributed by atoms with E-state index in [0.29, 0.717) is 23.4 Å². The van der Waals surface area contributed by atoms with Gasteiger partial charge in [0.05, 0.1) is 6.04 Å². The number of benzene rings is 3. The van der Waals surface area contributed by atoms with Crippen LogP contribution >= 0.6 is 0 Å². The summed E-state index contributed by atoms with van der Waals surface area (Å²) in [5, 5.41) is 10.6. The van der Waals surface area contributed by atoms with Gasteiger partial charge in [-0.2, -0.15) is 0 Å². The summed E-state index contributed by atoms with van der Waals surface area (Å²) in [6.45, 7) is 5.79. The summed E-state index contributed by atoms with van der Waals surface area (Å²) >= 11 is 0. The van der Waals surface area contributed by atoms with Crippen molar-refractivity contribution in [1.29, 1.82) is 0 Å². The standard InChI is InChI=1S/C25H27N3O3/c1-4-12-26-24(30)19-13-20(15-21(14-19)28-17(3)29)25(31)27-16(2)22-11-7-9-18-8-5-6-10-23(18)22/h5-11,13-16H,4,12H2,1-3H3,(H,26,30)(H,27,31)(H,28,29)/t16-/m1/s1. The summed E-state index contributed by atoms with van der Waals surface area (Å²) in [5.74, 6) is -0.885. The van der Waals surface area contributed by atoms with Gasteiger partial charge in [0.2, 0.25) is 5.91 Å². The number of rotatable bonds is 7. The monoisotopic (exact) mass is 417 g/mol. The number of amides is 3. The van der Waals surface area contributed by atoms with Gasteiger partial charge in [0.1, 0.15) is 0 Å². The van der Waals surface area contributed by atoms with Crippen LogP contribution in [0, 0.1) is 0 Å². The highest BCUT2D eigenvalue weighted by molar-refractivity contribution is 6.02. The zero-order valence-corrected chi connectivity index (χ0v) is 18.0. The molecule has 0 saturated carbocycles. The van der Waals surface area contributed by atoms with Crippen LogP contribution in [0.4, 0.5) is 5.69 Å². The Morgan fingerprint density at radius 3 is 2.29 bits per heavy atom. The fourth-order valence-corrected chi connectivity index (χ4v) is 3.49. The minimum Gasteiger partial charge on any atom is -0.352 e. The van der Waals surface area contributed by atoms with E-state index in [1.807, 2.05) is 56.3 Å². The van der Waals surface area contributed by atoms with Crippen molar-refractivity contribution < 1.29 is 14.4 Å². The van der Waals surface area contributed by atoms with Crippen molar-refractivity contribution >= 4 is 34.2 Å². The second-order valence-corrected chi connectivity index (χ2v) is 7.50. The Hall–Kier alpha value is -3.67. The molecule has 0 aliphatic rings. The minimum absolute atomic E-state index is 0.250. The number of hydrogen-bond acceptors (Lipinski definition) is 3. The average Bonchev–Trinajstić information content (AvgIpc) is 2.76. The van der Waals surface area contributed by atoms with Gasteiger partial charge in [-0.15, -0.1) is 0 Å². The lowest BCUT2D eigenvalue weighted by atomic mass is 9.99. The lowest BCUT2D eigenvalue weighted by Gasteiger charge is -2.17. The highest BCUT2D eigenvalue weighted by Gasteiger charge is 2.17. The van der Waals surface area contributed by atoms with Gasteiger partial charge in [-0.25, -0.2) is 0 Å². The number of hydrogen-bond donors (Lipinski definition) is 3. The molecule has 0 heterocycles. The van der Waals surface area contributed by atoms with E-state index in [4.69, 9.17) is 0 Å². The van der Waals surface area contributed by atoms with Gasteiger partial charge in [-0.3, -0.25) is 14.4 Å². The molecular formula is C25H27N3O3. The van der Waals surface area contributed by atoms with Crippen LogP contribution in [-0.4, -0.2) is 24.3 Å². The van der Waals surface area contributed by atoms with Crippen LogP contribution in [0.3, 0.4) is 0 Å². The molecule has 31 heavy (non-hydrogen) atoms. The largest absolute Gasteiger partial charge is 0.352 e. The van der Waals surface area contributed by atoms with Crippen molar-refractivity contribution in [1.82, 2.24) is 10.6 Å². The first-order valence-electron chi connectivity index (χ1n) is 10.4. The molecule has 0 aliphatic heterocycles. The highest BCUT2D eigenvalue weighted by atomic mass is 16.2. The molecule has 3 aromatic carbocycles. The molecule has 0 spiro atoms. The predicted molar refractivity (Wildman–Crippen MR) is 123 cm³/mol. The summed E-state index contributed by atoms with van der Waals surface area (Å²) in [6.07, 6.45) is 0.799. The summed E-state index contributed by atoms with van der Waals surface area (Å²) in [5.41, 5.74) is 2.03. The minimum atomic E-state index is -0.322. The SMILES string of the molecule is CCCNC(=O)c1cc(NC(C)=O)cc(C(=O)N[C@H](C)c2cccc3ccccc23)c1. The zero-order valence-electron chi connectivity index (χ0n) is 18.0. The smallest absolute Gasteiger partial charge is 0.251 e. The fourth-order valence-electron chi connectivity index (χ4n) is 3.49. The van der Waals surface area contributed by atoms with Crippen LogP contribution in [0.1, 0.15) is 59.5 Å². The summed E-state index contributed by atoms with van der Waals surface area (Å²) < 4.78 is 0. The maximum absolute atomic E-state index is 13.0. The van der Waals surface area contributed by atoms with Crippen molar-refractivity contribution in [3.63, 3.8) is 0 Å². The topological polar surface area (TPSA) is 87.3 Å². The molecular weight excluding hydrogens is 390 g/mol. The van der Waals surface area contributed by atoms with Crippen LogP contribution in [0.25, 0.3) is 10.8 Å². The number of carbonyl (C=O) groups is 3. The van der Waals surface area contributed by atoms with Gasteiger partial charge < -0.3 is 16.0 Å². The molecule has 6 heteroatoms. The molecule has 3 rings (SSSR count). The van der Waals surface area contributed by atoms with E-state index in [-0.39, 0.29) is 23.8 Å². The maximum atomic E-state index is 13.0. The molecule has 6 nitrogen and oxygen atoms in total. The molecule has 3 N–H and O–H groups in total. The Morgan fingerprint density at radius 2 is 1.58 bits per heavy atom. The number of carbonyl (C=O) groups excluding carboxylic acids is 3. The van der Waals surface area contributed by atoms with Crippen molar-refractivity contribution in [2.24, 2.45) is 0 Å². The molecule has 0 fully saturated rings. The molecule has 0 bridgehead atoms. The molecule has 3 aromatic rings. The lowest BCUT2D eigenvalue weighted by molar-refractivity contribution is -0.114. The molecule has 0 saturated heterocycles. The van der Waals surface area contributed by atoms with Gasteiger partial charge >= 0.3 is 0 Å². The first kappa shape index (κ1) is 22.0. The molecule has 0 aliphatic carbocycles. The Bertz CT molecular complexity index is 1120. The molecule has 0 radical (unpaired) electrons. The van der Waals surface area contributed by atoms with Crippen LogP contribution in [0.15, 0.2) is 60.7 Å². The summed E-state index contributed by atoms with van der Waals surface area (Å²) in [7, 11) is 0. The van der Waals surface area contributed by atoms with E-state index in [1.54, 1.807) is 18.2 Å². The van der Waals surface area contributed by atoms with Crippen molar-refractivity contribution in [3.8, 4) is 0 Å². The molecule has 3 amide bonds. The van der Waals surface area contributed by atoms with Crippen LogP contribution in [0.2, 0.25) is 0 Å². The van der Waals surface area contributed by atoms with E-state index in [1.165, 1.54) is 6.92 Å². The van der Waals surface area contributed by atoms with E-state index < -0.39 is 0 Å². The van der Waals surface area contributed by atoms with Crippen LogP contribution in [0.5, 0.6) is 0 Å². The lowest BCUT2D eigenvalue weighted by Crippen LogP contribution is -2.28. The fraction of sp³-hybridized carbons (Fsp3) is 0.240. The molecule has 160 valence electrons. The Morgan fingerprint density at radius 1 is 0.903 bits per heavy atom. The average molecular weight is 418 g/mol. The van der Waals surface area contributed by atoms with E-state index in [2.05, 4.69) is 16.0 Å². The van der Waals surface area contributed by atoms with E-state index in [9.17, 15) is 14.4 Å². The Kier molecular flexibility index (Phi) is 7.03. The summed E-state index contributed by atoms with van der Waals surface area (Å²) in [6, 6.07) is 18.4. The normalized spacial score (nSPS) is 11.6. The Labute approximate surface area is 182 Å². The first-order valence-corrected chi connectivity index (χ1v) is 10.4. The number of fused-ring (bicyclic) bond motifs is 1. The third-order valence-electron chi connectivity index (χ3n) is 4.95. The van der Waals surface area contributed by atoms with Gasteiger partial charge in [-0.05, 0) is 47.9 Å². The van der Waals surface area contributed by atoms with Crippen molar-refractivity contribution in [3.05, 3.63) is 77.4 Å². The third-order valence-corrected chi connectivity index (χ3v) is 4.95. The molecule has 0 unspecified atom stereocenters. The second-order valence-electron chi connectivity index (χ2n) is 7.50. The number of nitrogens with one attached hydrogen (secondary N) is 3. The quantitative estimate of drug-likeness (QED) is 0.531. The van der Waals surface area contributed by atoms with Crippen molar-refractivity contribution in [2.75, 3.05) is 11.9 Å². The predicted octanol–water partition coefficient (Wildman–Crippen LogP) is 4.43. The second kappa shape index (κ2) is 9.89. The maximum Gasteiger partial charge on any atom is 0.251 e. The van der Waals surface area contributed by atoms with Crippen LogP contribution < -0.4 is 16.0 Å². The van der Waals surface area contributed by atoms with E-state index in [0.717, 1.165) is 22.8 Å². The van der Waals surface area contributed by atoms with Gasteiger partial charge in [0.25, 0.3) is 11.8 Å².